The molecule has 4 nitrogen and oxygen atoms in total. The molecule has 0 N–H and O–H groups in total. The maximum Gasteiger partial charge on any atom is 0.415 e. The van der Waals surface area contributed by atoms with E-state index in [0.29, 0.717) is 25.5 Å². The van der Waals surface area contributed by atoms with E-state index in [1.807, 2.05) is 25.1 Å². The van der Waals surface area contributed by atoms with Crippen LogP contribution in [0.25, 0.3) is 0 Å². The molecular formula is C12H15NO3. The summed E-state index contributed by atoms with van der Waals surface area (Å²) in [5.74, 6) is 0.575. The molecule has 1 aliphatic rings. The molecule has 0 saturated carbocycles. The van der Waals surface area contributed by atoms with E-state index in [0.717, 1.165) is 0 Å². The van der Waals surface area contributed by atoms with Gasteiger partial charge in [0, 0.05) is 6.54 Å². The Bertz CT molecular complexity index is 353. The van der Waals surface area contributed by atoms with Crippen molar-refractivity contribution in [1.29, 1.82) is 0 Å². The summed E-state index contributed by atoms with van der Waals surface area (Å²) in [6.07, 6.45) is -0.304. The van der Waals surface area contributed by atoms with Crippen LogP contribution in [0.3, 0.4) is 0 Å². The van der Waals surface area contributed by atoms with Gasteiger partial charge in [-0.15, -0.1) is 0 Å². The third kappa shape index (κ3) is 2.52. The van der Waals surface area contributed by atoms with E-state index in [1.165, 1.54) is 0 Å². The minimum Gasteiger partial charge on any atom is -0.410 e. The van der Waals surface area contributed by atoms with Crippen LogP contribution in [0.1, 0.15) is 6.92 Å². The number of hydrogen-bond donors (Lipinski definition) is 0. The molecule has 1 aliphatic heterocycles. The third-order valence-corrected chi connectivity index (χ3v) is 2.55. The predicted molar refractivity (Wildman–Crippen MR) is 59.5 cm³/mol. The first kappa shape index (κ1) is 11.0. The highest BCUT2D eigenvalue weighted by molar-refractivity contribution is 5.71. The SMILES string of the molecule is CC1COCCN1C(=O)Oc1ccccc1. The molecule has 4 heteroatoms. The Labute approximate surface area is 94.8 Å². The number of carbonyl (C=O) groups is 1. The van der Waals surface area contributed by atoms with Crippen LogP contribution in [0.2, 0.25) is 0 Å². The monoisotopic (exact) mass is 221 g/mol. The molecule has 16 heavy (non-hydrogen) atoms. The largest absolute Gasteiger partial charge is 0.415 e. The Hall–Kier alpha value is -1.55. The zero-order chi connectivity index (χ0) is 11.4. The fraction of sp³-hybridized carbons (Fsp3) is 0.417. The smallest absolute Gasteiger partial charge is 0.410 e. The molecule has 1 aromatic carbocycles. The fourth-order valence-corrected chi connectivity index (χ4v) is 1.65. The molecule has 86 valence electrons. The van der Waals surface area contributed by atoms with Gasteiger partial charge in [0.2, 0.25) is 0 Å². The van der Waals surface area contributed by atoms with Crippen LogP contribution >= 0.6 is 0 Å². The Morgan fingerprint density at radius 2 is 2.19 bits per heavy atom. The van der Waals surface area contributed by atoms with Crippen molar-refractivity contribution in [2.75, 3.05) is 19.8 Å². The van der Waals surface area contributed by atoms with Gasteiger partial charge in [0.1, 0.15) is 5.75 Å². The van der Waals surface area contributed by atoms with E-state index in [-0.39, 0.29) is 12.1 Å². The van der Waals surface area contributed by atoms with Gasteiger partial charge in [0.05, 0.1) is 19.3 Å². The molecule has 1 fully saturated rings. The Kier molecular flexibility index (Phi) is 3.41. The molecule has 0 bridgehead atoms. The highest BCUT2D eigenvalue weighted by Gasteiger charge is 2.25. The van der Waals surface area contributed by atoms with Gasteiger partial charge in [-0.1, -0.05) is 18.2 Å². The second kappa shape index (κ2) is 4.99. The number of hydrogen-bond acceptors (Lipinski definition) is 3. The minimum atomic E-state index is -0.304. The molecule has 0 spiro atoms. The second-order valence-electron chi connectivity index (χ2n) is 3.80. The van der Waals surface area contributed by atoms with Gasteiger partial charge in [-0.25, -0.2) is 4.79 Å². The van der Waals surface area contributed by atoms with Crippen molar-refractivity contribution in [2.24, 2.45) is 0 Å². The van der Waals surface area contributed by atoms with Crippen LogP contribution in [0.15, 0.2) is 30.3 Å². The predicted octanol–water partition coefficient (Wildman–Crippen LogP) is 1.91. The van der Waals surface area contributed by atoms with Gasteiger partial charge in [0.25, 0.3) is 0 Å². The molecular weight excluding hydrogens is 206 g/mol. The van der Waals surface area contributed by atoms with Crippen molar-refractivity contribution in [3.8, 4) is 5.75 Å². The normalized spacial score (nSPS) is 20.6. The zero-order valence-corrected chi connectivity index (χ0v) is 9.26. The number of rotatable bonds is 1. The number of para-hydroxylation sites is 1. The van der Waals surface area contributed by atoms with Crippen LogP contribution in [0, 0.1) is 0 Å². The number of carbonyl (C=O) groups excluding carboxylic acids is 1. The van der Waals surface area contributed by atoms with Gasteiger partial charge in [0.15, 0.2) is 0 Å². The van der Waals surface area contributed by atoms with E-state index in [2.05, 4.69) is 0 Å². The lowest BCUT2D eigenvalue weighted by atomic mass is 10.3. The zero-order valence-electron chi connectivity index (χ0n) is 9.26. The number of nitrogens with zero attached hydrogens (tertiary/aromatic N) is 1. The molecule has 1 aromatic rings. The van der Waals surface area contributed by atoms with Crippen LogP contribution < -0.4 is 4.74 Å². The van der Waals surface area contributed by atoms with Gasteiger partial charge >= 0.3 is 6.09 Å². The Morgan fingerprint density at radius 3 is 2.88 bits per heavy atom. The maximum absolute atomic E-state index is 11.8. The topological polar surface area (TPSA) is 38.8 Å². The molecule has 1 unspecified atom stereocenters. The van der Waals surface area contributed by atoms with Crippen LogP contribution in [0.5, 0.6) is 5.75 Å². The van der Waals surface area contributed by atoms with Crippen molar-refractivity contribution in [3.63, 3.8) is 0 Å². The lowest BCUT2D eigenvalue weighted by Crippen LogP contribution is -2.48. The van der Waals surface area contributed by atoms with Gasteiger partial charge in [-0.2, -0.15) is 0 Å². The third-order valence-electron chi connectivity index (χ3n) is 2.55. The van der Waals surface area contributed by atoms with Gasteiger partial charge in [-0.3, -0.25) is 0 Å². The average Bonchev–Trinajstić information content (AvgIpc) is 2.31. The van der Waals surface area contributed by atoms with Crippen LogP contribution in [-0.4, -0.2) is 36.8 Å². The fourth-order valence-electron chi connectivity index (χ4n) is 1.65. The Balaban J connectivity index is 1.97. The highest BCUT2D eigenvalue weighted by atomic mass is 16.6. The first-order valence-corrected chi connectivity index (χ1v) is 5.38. The van der Waals surface area contributed by atoms with Gasteiger partial charge < -0.3 is 14.4 Å². The maximum atomic E-state index is 11.8. The lowest BCUT2D eigenvalue weighted by molar-refractivity contribution is 0.00850. The van der Waals surface area contributed by atoms with Crippen molar-refractivity contribution >= 4 is 6.09 Å². The first-order chi connectivity index (χ1) is 7.77. The first-order valence-electron chi connectivity index (χ1n) is 5.38. The minimum absolute atomic E-state index is 0.0740. The van der Waals surface area contributed by atoms with Crippen LogP contribution in [-0.2, 0) is 4.74 Å². The van der Waals surface area contributed by atoms with Crippen LogP contribution in [0.4, 0.5) is 4.79 Å². The average molecular weight is 221 g/mol. The number of ether oxygens (including phenoxy) is 2. The summed E-state index contributed by atoms with van der Waals surface area (Å²) >= 11 is 0. The molecule has 0 aromatic heterocycles. The van der Waals surface area contributed by atoms with E-state index >= 15 is 0 Å². The second-order valence-corrected chi connectivity index (χ2v) is 3.80. The summed E-state index contributed by atoms with van der Waals surface area (Å²) in [5, 5.41) is 0. The highest BCUT2D eigenvalue weighted by Crippen LogP contribution is 2.13. The lowest BCUT2D eigenvalue weighted by Gasteiger charge is -2.32. The summed E-state index contributed by atoms with van der Waals surface area (Å²) in [5.41, 5.74) is 0. The number of amides is 1. The molecule has 1 heterocycles. The quantitative estimate of drug-likeness (QED) is 0.727. The van der Waals surface area contributed by atoms with E-state index < -0.39 is 0 Å². The Morgan fingerprint density at radius 1 is 1.44 bits per heavy atom. The molecule has 1 atom stereocenters. The van der Waals surface area contributed by atoms with E-state index in [9.17, 15) is 4.79 Å². The number of morpholine rings is 1. The summed E-state index contributed by atoms with van der Waals surface area (Å²) in [7, 11) is 0. The molecule has 2 rings (SSSR count). The summed E-state index contributed by atoms with van der Waals surface area (Å²) in [6, 6.07) is 9.17. The summed E-state index contributed by atoms with van der Waals surface area (Å²) in [4.78, 5) is 13.5. The van der Waals surface area contributed by atoms with Crippen molar-refractivity contribution in [2.45, 2.75) is 13.0 Å². The van der Waals surface area contributed by atoms with Gasteiger partial charge in [-0.05, 0) is 19.1 Å². The number of benzene rings is 1. The standard InChI is InChI=1S/C12H15NO3/c1-10-9-15-8-7-13(10)12(14)16-11-5-3-2-4-6-11/h2-6,10H,7-9H2,1H3. The van der Waals surface area contributed by atoms with Crippen molar-refractivity contribution < 1.29 is 14.3 Å². The van der Waals surface area contributed by atoms with E-state index in [1.54, 1.807) is 17.0 Å². The molecule has 0 aliphatic carbocycles. The summed E-state index contributed by atoms with van der Waals surface area (Å²) < 4.78 is 10.5. The van der Waals surface area contributed by atoms with E-state index in [4.69, 9.17) is 9.47 Å². The van der Waals surface area contributed by atoms with Crippen molar-refractivity contribution in [3.05, 3.63) is 30.3 Å². The summed E-state index contributed by atoms with van der Waals surface area (Å²) in [6.45, 7) is 3.69. The van der Waals surface area contributed by atoms with Crippen molar-refractivity contribution in [1.82, 2.24) is 4.90 Å². The molecule has 1 amide bonds. The molecule has 1 saturated heterocycles. The molecule has 0 radical (unpaired) electrons.